The summed E-state index contributed by atoms with van der Waals surface area (Å²) in [6, 6.07) is 5.51. The highest BCUT2D eigenvalue weighted by molar-refractivity contribution is 7.84. The van der Waals surface area contributed by atoms with Gasteiger partial charge in [-0.05, 0) is 30.5 Å². The molecular weight excluding hydrogens is 310 g/mol. The van der Waals surface area contributed by atoms with E-state index in [1.54, 1.807) is 25.3 Å². The Hall–Kier alpha value is -1.07. The van der Waals surface area contributed by atoms with Crippen molar-refractivity contribution >= 4 is 28.3 Å². The standard InChI is InChI=1S/C15H20ClNO3S/c1-20-13-7-6-11(14(16)8-13)9-21(19)10-15(18)17-12-4-2-3-5-12/h6-8,12H,2-5,9-10H2,1H3,(H,17,18)/t21-/m0/s1. The summed E-state index contributed by atoms with van der Waals surface area (Å²) in [6.45, 7) is 0. The van der Waals surface area contributed by atoms with Crippen molar-refractivity contribution in [3.05, 3.63) is 28.8 Å². The number of hydrogen-bond acceptors (Lipinski definition) is 3. The maximum Gasteiger partial charge on any atom is 0.232 e. The normalized spacial score (nSPS) is 16.7. The van der Waals surface area contributed by atoms with Crippen LogP contribution in [-0.4, -0.2) is 29.0 Å². The summed E-state index contributed by atoms with van der Waals surface area (Å²) in [5.41, 5.74) is 0.768. The Bertz CT molecular complexity index is 530. The van der Waals surface area contributed by atoms with Gasteiger partial charge < -0.3 is 10.1 Å². The number of benzene rings is 1. The highest BCUT2D eigenvalue weighted by Crippen LogP contribution is 2.23. The Kier molecular flexibility index (Phi) is 6.06. The molecule has 0 unspecified atom stereocenters. The largest absolute Gasteiger partial charge is 0.497 e. The van der Waals surface area contributed by atoms with Gasteiger partial charge in [0.25, 0.3) is 0 Å². The molecule has 1 aromatic carbocycles. The van der Waals surface area contributed by atoms with Crippen molar-refractivity contribution in [2.45, 2.75) is 37.5 Å². The minimum absolute atomic E-state index is 0.0266. The molecule has 1 atom stereocenters. The quantitative estimate of drug-likeness (QED) is 0.873. The first kappa shape index (κ1) is 16.3. The van der Waals surface area contributed by atoms with E-state index >= 15 is 0 Å². The molecule has 0 bridgehead atoms. The first-order valence-corrected chi connectivity index (χ1v) is 8.92. The number of carbonyl (C=O) groups excluding carboxylic acids is 1. The van der Waals surface area contributed by atoms with E-state index in [1.165, 1.54) is 0 Å². The second-order valence-corrected chi connectivity index (χ2v) is 7.10. The fourth-order valence-electron chi connectivity index (χ4n) is 2.48. The maximum atomic E-state index is 12.1. The summed E-state index contributed by atoms with van der Waals surface area (Å²) in [6.07, 6.45) is 4.39. The van der Waals surface area contributed by atoms with Gasteiger partial charge in [0, 0.05) is 21.9 Å². The summed E-state index contributed by atoms with van der Waals surface area (Å²) in [4.78, 5) is 11.8. The molecule has 1 aliphatic carbocycles. The van der Waals surface area contributed by atoms with Gasteiger partial charge in [-0.15, -0.1) is 0 Å². The van der Waals surface area contributed by atoms with Gasteiger partial charge >= 0.3 is 0 Å². The number of hydrogen-bond donors (Lipinski definition) is 1. The van der Waals surface area contributed by atoms with Crippen molar-refractivity contribution < 1.29 is 13.7 Å². The van der Waals surface area contributed by atoms with E-state index in [1.807, 2.05) is 0 Å². The van der Waals surface area contributed by atoms with Crippen molar-refractivity contribution in [3.8, 4) is 5.75 Å². The van der Waals surface area contributed by atoms with Crippen LogP contribution < -0.4 is 10.1 Å². The van der Waals surface area contributed by atoms with Crippen molar-refractivity contribution in [2.24, 2.45) is 0 Å². The van der Waals surface area contributed by atoms with Crippen LogP contribution in [-0.2, 0) is 21.3 Å². The number of methoxy groups -OCH3 is 1. The number of ether oxygens (including phenoxy) is 1. The van der Waals surface area contributed by atoms with E-state index in [9.17, 15) is 9.00 Å². The van der Waals surface area contributed by atoms with Crippen LogP contribution in [0.3, 0.4) is 0 Å². The van der Waals surface area contributed by atoms with Crippen molar-refractivity contribution in [1.29, 1.82) is 0 Å². The Morgan fingerprint density at radius 3 is 2.76 bits per heavy atom. The molecule has 0 spiro atoms. The van der Waals surface area contributed by atoms with Gasteiger partial charge in [0.2, 0.25) is 5.91 Å². The molecule has 4 nitrogen and oxygen atoms in total. The Morgan fingerprint density at radius 1 is 1.43 bits per heavy atom. The van der Waals surface area contributed by atoms with Gasteiger partial charge in [0.05, 0.1) is 12.9 Å². The Morgan fingerprint density at radius 2 is 2.14 bits per heavy atom. The average Bonchev–Trinajstić information content (AvgIpc) is 2.93. The minimum atomic E-state index is -1.26. The van der Waals surface area contributed by atoms with Crippen LogP contribution in [0.5, 0.6) is 5.75 Å². The summed E-state index contributed by atoms with van der Waals surface area (Å²) in [5, 5.41) is 3.46. The smallest absolute Gasteiger partial charge is 0.232 e. The van der Waals surface area contributed by atoms with Gasteiger partial charge in [-0.2, -0.15) is 0 Å². The predicted octanol–water partition coefficient (Wildman–Crippen LogP) is 2.66. The average molecular weight is 330 g/mol. The first-order chi connectivity index (χ1) is 10.1. The molecule has 6 heteroatoms. The maximum absolute atomic E-state index is 12.1. The van der Waals surface area contributed by atoms with Crippen LogP contribution in [0, 0.1) is 0 Å². The fraction of sp³-hybridized carbons (Fsp3) is 0.533. The van der Waals surface area contributed by atoms with Crippen LogP contribution in [0.15, 0.2) is 18.2 Å². The van der Waals surface area contributed by atoms with Gasteiger partial charge in [0.1, 0.15) is 11.5 Å². The monoisotopic (exact) mass is 329 g/mol. The number of carbonyl (C=O) groups is 1. The summed E-state index contributed by atoms with van der Waals surface area (Å²) < 4.78 is 17.1. The van der Waals surface area contributed by atoms with Crippen molar-refractivity contribution in [2.75, 3.05) is 12.9 Å². The summed E-state index contributed by atoms with van der Waals surface area (Å²) in [5.74, 6) is 0.832. The van der Waals surface area contributed by atoms with E-state index in [2.05, 4.69) is 5.32 Å². The Balaban J connectivity index is 1.84. The molecule has 0 saturated heterocycles. The topological polar surface area (TPSA) is 55.4 Å². The third kappa shape index (κ3) is 5.00. The molecular formula is C15H20ClNO3S. The lowest BCUT2D eigenvalue weighted by atomic mass is 10.2. The molecule has 0 aromatic heterocycles. The molecule has 1 N–H and O–H groups in total. The van der Waals surface area contributed by atoms with E-state index in [4.69, 9.17) is 16.3 Å². The lowest BCUT2D eigenvalue weighted by Gasteiger charge is -2.12. The fourth-order valence-corrected chi connectivity index (χ4v) is 3.88. The second kappa shape index (κ2) is 7.80. The van der Waals surface area contributed by atoms with Crippen LogP contribution in [0.25, 0.3) is 0 Å². The number of halogens is 1. The zero-order chi connectivity index (χ0) is 15.2. The third-order valence-corrected chi connectivity index (χ3v) is 5.16. The molecule has 1 aliphatic rings. The van der Waals surface area contributed by atoms with E-state index in [0.717, 1.165) is 31.2 Å². The second-order valence-electron chi connectivity index (χ2n) is 5.23. The van der Waals surface area contributed by atoms with Crippen molar-refractivity contribution in [3.63, 3.8) is 0 Å². The zero-order valence-corrected chi connectivity index (χ0v) is 13.6. The first-order valence-electron chi connectivity index (χ1n) is 7.05. The highest BCUT2D eigenvalue weighted by Gasteiger charge is 2.18. The lowest BCUT2D eigenvalue weighted by Crippen LogP contribution is -2.35. The van der Waals surface area contributed by atoms with Gasteiger partial charge in [0.15, 0.2) is 0 Å². The number of amides is 1. The zero-order valence-electron chi connectivity index (χ0n) is 12.1. The van der Waals surface area contributed by atoms with Gasteiger partial charge in [-0.3, -0.25) is 9.00 Å². The number of nitrogens with one attached hydrogen (secondary N) is 1. The van der Waals surface area contributed by atoms with Crippen LogP contribution >= 0.6 is 11.6 Å². The summed E-state index contributed by atoms with van der Waals surface area (Å²) >= 11 is 6.11. The molecule has 21 heavy (non-hydrogen) atoms. The van der Waals surface area contributed by atoms with E-state index in [0.29, 0.717) is 10.8 Å². The van der Waals surface area contributed by atoms with Gasteiger partial charge in [-0.1, -0.05) is 30.5 Å². The molecule has 1 amide bonds. The van der Waals surface area contributed by atoms with Crippen LogP contribution in [0.2, 0.25) is 5.02 Å². The molecule has 116 valence electrons. The van der Waals surface area contributed by atoms with Crippen molar-refractivity contribution in [1.82, 2.24) is 5.32 Å². The van der Waals surface area contributed by atoms with E-state index < -0.39 is 10.8 Å². The molecule has 0 radical (unpaired) electrons. The molecule has 1 saturated carbocycles. The van der Waals surface area contributed by atoms with Crippen LogP contribution in [0.4, 0.5) is 0 Å². The summed E-state index contributed by atoms with van der Waals surface area (Å²) in [7, 11) is 0.309. The van der Waals surface area contributed by atoms with Crippen LogP contribution in [0.1, 0.15) is 31.2 Å². The third-order valence-electron chi connectivity index (χ3n) is 3.59. The molecule has 2 rings (SSSR count). The Labute approximate surface area is 132 Å². The molecule has 1 fully saturated rings. The SMILES string of the molecule is COc1ccc(C[S@](=O)CC(=O)NC2CCCC2)c(Cl)c1. The molecule has 0 heterocycles. The van der Waals surface area contributed by atoms with E-state index in [-0.39, 0.29) is 23.5 Å². The predicted molar refractivity (Wildman–Crippen MR) is 85.1 cm³/mol. The molecule has 0 aliphatic heterocycles. The lowest BCUT2D eigenvalue weighted by molar-refractivity contribution is -0.119. The van der Waals surface area contributed by atoms with Gasteiger partial charge in [-0.25, -0.2) is 0 Å². The molecule has 1 aromatic rings. The number of rotatable bonds is 6. The minimum Gasteiger partial charge on any atom is -0.497 e. The highest BCUT2D eigenvalue weighted by atomic mass is 35.5.